The summed E-state index contributed by atoms with van der Waals surface area (Å²) in [5.41, 5.74) is 7.43. The number of nitrogens with zero attached hydrogens (tertiary/aromatic N) is 5. The highest BCUT2D eigenvalue weighted by molar-refractivity contribution is 5.99. The molecule has 33 heavy (non-hydrogen) atoms. The van der Waals surface area contributed by atoms with Crippen molar-refractivity contribution in [3.8, 4) is 0 Å². The first-order valence-electron chi connectivity index (χ1n) is 11.2. The lowest BCUT2D eigenvalue weighted by atomic mass is 10.0. The van der Waals surface area contributed by atoms with Gasteiger partial charge in [-0.1, -0.05) is 35.9 Å². The molecule has 1 atom stereocenters. The van der Waals surface area contributed by atoms with E-state index in [1.807, 2.05) is 37.1 Å². The number of benzene rings is 1. The zero-order valence-corrected chi connectivity index (χ0v) is 19.2. The van der Waals surface area contributed by atoms with Crippen LogP contribution < -0.4 is 0 Å². The van der Waals surface area contributed by atoms with Crippen LogP contribution in [0.3, 0.4) is 0 Å². The second-order valence-corrected chi connectivity index (χ2v) is 8.70. The van der Waals surface area contributed by atoms with Crippen LogP contribution in [0.2, 0.25) is 0 Å². The molecule has 5 rings (SSSR count). The molecule has 0 saturated carbocycles. The average molecular weight is 442 g/mol. The second kappa shape index (κ2) is 8.75. The summed E-state index contributed by atoms with van der Waals surface area (Å²) >= 11 is 0. The zero-order chi connectivity index (χ0) is 22.9. The normalized spacial score (nSPS) is 16.3. The van der Waals surface area contributed by atoms with Gasteiger partial charge in [0.1, 0.15) is 11.7 Å². The summed E-state index contributed by atoms with van der Waals surface area (Å²) in [4.78, 5) is 24.3. The molecule has 1 amide bonds. The van der Waals surface area contributed by atoms with Gasteiger partial charge in [-0.2, -0.15) is 5.10 Å². The van der Waals surface area contributed by atoms with Gasteiger partial charge >= 0.3 is 0 Å². The number of pyridine rings is 1. The van der Waals surface area contributed by atoms with Crippen molar-refractivity contribution in [2.75, 3.05) is 19.7 Å². The Morgan fingerprint density at radius 1 is 1.06 bits per heavy atom. The lowest BCUT2D eigenvalue weighted by Crippen LogP contribution is -2.42. The Kier molecular flexibility index (Phi) is 5.64. The average Bonchev–Trinajstić information content (AvgIpc) is 3.25. The molecule has 168 valence electrons. The lowest BCUT2D eigenvalue weighted by Gasteiger charge is -2.32. The van der Waals surface area contributed by atoms with Crippen molar-refractivity contribution >= 4 is 11.6 Å². The highest BCUT2D eigenvalue weighted by Gasteiger charge is 2.29. The van der Waals surface area contributed by atoms with E-state index in [1.165, 1.54) is 11.1 Å². The van der Waals surface area contributed by atoms with E-state index in [2.05, 4.69) is 52.3 Å². The highest BCUT2D eigenvalue weighted by atomic mass is 16.5. The first-order valence-corrected chi connectivity index (χ1v) is 11.2. The van der Waals surface area contributed by atoms with E-state index < -0.39 is 0 Å². The van der Waals surface area contributed by atoms with Crippen molar-refractivity contribution in [2.45, 2.75) is 33.3 Å². The number of hydrogen-bond acceptors (Lipinski definition) is 5. The van der Waals surface area contributed by atoms with Gasteiger partial charge in [0.05, 0.1) is 25.0 Å². The molecule has 0 bridgehead atoms. The summed E-state index contributed by atoms with van der Waals surface area (Å²) in [5, 5.41) is 4.36. The number of rotatable bonds is 4. The van der Waals surface area contributed by atoms with Crippen LogP contribution in [0.4, 0.5) is 0 Å². The Bertz CT molecular complexity index is 1300. The van der Waals surface area contributed by atoms with Crippen molar-refractivity contribution in [1.29, 1.82) is 0 Å². The summed E-state index contributed by atoms with van der Waals surface area (Å²) in [6.45, 7) is 7.42. The molecule has 7 nitrogen and oxygen atoms in total. The van der Waals surface area contributed by atoms with Crippen molar-refractivity contribution in [1.82, 2.24) is 24.5 Å². The third-order valence-corrected chi connectivity index (χ3v) is 6.07. The first kappa shape index (κ1) is 21.3. The van der Waals surface area contributed by atoms with Crippen LogP contribution in [0.1, 0.15) is 50.2 Å². The SMILES string of the molecule is Cc1ccc(Cc2ccc([C@H]3CN(C(=O)c4cnn5c(C)cc(C)nc45)CCO3)nc2)cc1. The van der Waals surface area contributed by atoms with Crippen molar-refractivity contribution in [2.24, 2.45) is 0 Å². The highest BCUT2D eigenvalue weighted by Crippen LogP contribution is 2.24. The van der Waals surface area contributed by atoms with Gasteiger partial charge in [0, 0.05) is 24.1 Å². The van der Waals surface area contributed by atoms with E-state index in [4.69, 9.17) is 4.74 Å². The van der Waals surface area contributed by atoms with Crippen LogP contribution in [0.15, 0.2) is 54.9 Å². The summed E-state index contributed by atoms with van der Waals surface area (Å²) < 4.78 is 7.68. The van der Waals surface area contributed by atoms with Crippen molar-refractivity contribution in [3.05, 3.63) is 94.2 Å². The Labute approximate surface area is 193 Å². The van der Waals surface area contributed by atoms with E-state index >= 15 is 0 Å². The van der Waals surface area contributed by atoms with Gasteiger partial charge in [0.25, 0.3) is 5.91 Å². The van der Waals surface area contributed by atoms with Crippen LogP contribution in [0.5, 0.6) is 0 Å². The first-order chi connectivity index (χ1) is 16.0. The van der Waals surface area contributed by atoms with Crippen LogP contribution in [-0.4, -0.2) is 50.1 Å². The van der Waals surface area contributed by atoms with Gasteiger partial charge < -0.3 is 9.64 Å². The molecule has 1 aliphatic heterocycles. The fourth-order valence-corrected chi connectivity index (χ4v) is 4.28. The Morgan fingerprint density at radius 3 is 2.61 bits per heavy atom. The summed E-state index contributed by atoms with van der Waals surface area (Å²) in [5.74, 6) is -0.0770. The molecule has 0 N–H and O–H groups in total. The number of fused-ring (bicyclic) bond motifs is 1. The quantitative estimate of drug-likeness (QED) is 0.481. The number of amides is 1. The third kappa shape index (κ3) is 4.36. The molecule has 3 aromatic heterocycles. The fraction of sp³-hybridized carbons (Fsp3) is 0.308. The number of carbonyl (C=O) groups is 1. The maximum absolute atomic E-state index is 13.3. The molecular formula is C26H27N5O2. The predicted molar refractivity (Wildman–Crippen MR) is 125 cm³/mol. The molecule has 4 heterocycles. The number of carbonyl (C=O) groups excluding carboxylic acids is 1. The van der Waals surface area contributed by atoms with Gasteiger partial charge in [0.2, 0.25) is 0 Å². The minimum Gasteiger partial charge on any atom is -0.368 e. The second-order valence-electron chi connectivity index (χ2n) is 8.70. The fourth-order valence-electron chi connectivity index (χ4n) is 4.28. The topological polar surface area (TPSA) is 72.6 Å². The number of ether oxygens (including phenoxy) is 1. The van der Waals surface area contributed by atoms with Gasteiger partial charge in [-0.15, -0.1) is 0 Å². The Hall–Kier alpha value is -3.58. The van der Waals surface area contributed by atoms with E-state index in [0.717, 1.165) is 29.1 Å². The van der Waals surface area contributed by atoms with Gasteiger partial charge in [-0.25, -0.2) is 9.50 Å². The van der Waals surface area contributed by atoms with Crippen molar-refractivity contribution in [3.63, 3.8) is 0 Å². The molecule has 1 aromatic carbocycles. The minimum atomic E-state index is -0.255. The molecule has 0 aliphatic carbocycles. The molecular weight excluding hydrogens is 414 g/mol. The summed E-state index contributed by atoms with van der Waals surface area (Å²) in [6, 6.07) is 14.6. The molecule has 7 heteroatoms. The van der Waals surface area contributed by atoms with Crippen molar-refractivity contribution < 1.29 is 9.53 Å². The number of hydrogen-bond donors (Lipinski definition) is 0. The molecule has 1 aliphatic rings. The molecule has 0 radical (unpaired) electrons. The smallest absolute Gasteiger partial charge is 0.259 e. The van der Waals surface area contributed by atoms with Gasteiger partial charge in [-0.3, -0.25) is 9.78 Å². The van der Waals surface area contributed by atoms with E-state index in [0.29, 0.717) is 30.9 Å². The third-order valence-electron chi connectivity index (χ3n) is 6.07. The van der Waals surface area contributed by atoms with E-state index in [-0.39, 0.29) is 12.0 Å². The maximum Gasteiger partial charge on any atom is 0.259 e. The maximum atomic E-state index is 13.3. The van der Waals surface area contributed by atoms with Gasteiger partial charge in [-0.05, 0) is 50.5 Å². The summed E-state index contributed by atoms with van der Waals surface area (Å²) in [6.07, 6.45) is 4.10. The van der Waals surface area contributed by atoms with Crippen LogP contribution in [-0.2, 0) is 11.2 Å². The van der Waals surface area contributed by atoms with E-state index in [9.17, 15) is 4.79 Å². The van der Waals surface area contributed by atoms with Crippen LogP contribution in [0.25, 0.3) is 5.65 Å². The molecule has 1 fully saturated rings. The van der Waals surface area contributed by atoms with E-state index in [1.54, 1.807) is 10.7 Å². The molecule has 1 saturated heterocycles. The molecule has 4 aromatic rings. The zero-order valence-electron chi connectivity index (χ0n) is 19.2. The standard InChI is InChI=1S/C26H27N5O2/c1-17-4-6-20(7-5-17)13-21-8-9-23(27-14-21)24-16-30(10-11-33-24)26(32)22-15-28-31-19(3)12-18(2)29-25(22)31/h4-9,12,14-15,24H,10-11,13,16H2,1-3H3/t24-/m1/s1. The molecule has 0 spiro atoms. The number of aromatic nitrogens is 4. The minimum absolute atomic E-state index is 0.0770. The number of morpholine rings is 1. The largest absolute Gasteiger partial charge is 0.368 e. The number of aryl methyl sites for hydroxylation is 3. The van der Waals surface area contributed by atoms with Crippen LogP contribution in [0, 0.1) is 20.8 Å². The Morgan fingerprint density at radius 2 is 1.85 bits per heavy atom. The summed E-state index contributed by atoms with van der Waals surface area (Å²) in [7, 11) is 0. The molecule has 0 unspecified atom stereocenters. The van der Waals surface area contributed by atoms with Gasteiger partial charge in [0.15, 0.2) is 5.65 Å². The monoisotopic (exact) mass is 441 g/mol. The van der Waals surface area contributed by atoms with Crippen LogP contribution >= 0.6 is 0 Å². The predicted octanol–water partition coefficient (Wildman–Crippen LogP) is 3.85. The Balaban J connectivity index is 1.30. The lowest BCUT2D eigenvalue weighted by molar-refractivity contribution is -0.0246.